The number of hydrogen-bond donors (Lipinski definition) is 3. The molecule has 108 valence electrons. The Hall–Kier alpha value is -2.02. The lowest BCUT2D eigenvalue weighted by Gasteiger charge is -2.35. The Balaban J connectivity index is 1.79. The smallest absolute Gasteiger partial charge is 0.245 e. The van der Waals surface area contributed by atoms with Crippen LogP contribution in [0.5, 0.6) is 0 Å². The molecule has 1 unspecified atom stereocenters. The molecule has 1 amide bonds. The molecule has 0 radical (unpaired) electrons. The molecular formula is C13H19N5O2. The number of pyridine rings is 1. The van der Waals surface area contributed by atoms with Crippen molar-refractivity contribution in [2.75, 3.05) is 36.1 Å². The monoisotopic (exact) mass is 277 g/mol. The van der Waals surface area contributed by atoms with Crippen LogP contribution in [-0.2, 0) is 9.53 Å². The van der Waals surface area contributed by atoms with Crippen LogP contribution in [0.4, 0.5) is 17.3 Å². The van der Waals surface area contributed by atoms with Gasteiger partial charge < -0.3 is 26.4 Å². The van der Waals surface area contributed by atoms with Crippen LogP contribution in [0.2, 0.25) is 0 Å². The first-order valence-electron chi connectivity index (χ1n) is 6.82. The Morgan fingerprint density at radius 3 is 2.90 bits per heavy atom. The van der Waals surface area contributed by atoms with E-state index in [1.165, 1.54) is 0 Å². The van der Waals surface area contributed by atoms with E-state index < -0.39 is 0 Å². The Morgan fingerprint density at radius 2 is 2.20 bits per heavy atom. The summed E-state index contributed by atoms with van der Waals surface area (Å²) < 4.78 is 5.42. The normalized spacial score (nSPS) is 22.6. The summed E-state index contributed by atoms with van der Waals surface area (Å²) in [5, 5.41) is 3.00. The van der Waals surface area contributed by atoms with Crippen LogP contribution < -0.4 is 21.7 Å². The number of carbonyl (C=O) groups is 1. The van der Waals surface area contributed by atoms with Crippen LogP contribution in [0.1, 0.15) is 12.8 Å². The van der Waals surface area contributed by atoms with Crippen molar-refractivity contribution < 1.29 is 9.53 Å². The van der Waals surface area contributed by atoms with Gasteiger partial charge in [-0.1, -0.05) is 0 Å². The molecule has 1 aliphatic heterocycles. The minimum Gasteiger partial charge on any atom is -0.396 e. The highest BCUT2D eigenvalue weighted by molar-refractivity contribution is 5.86. The van der Waals surface area contributed by atoms with Crippen LogP contribution >= 0.6 is 0 Å². The van der Waals surface area contributed by atoms with Crippen molar-refractivity contribution >= 4 is 23.2 Å². The molecule has 1 saturated heterocycles. The van der Waals surface area contributed by atoms with Crippen molar-refractivity contribution in [1.29, 1.82) is 0 Å². The lowest BCUT2D eigenvalue weighted by Crippen LogP contribution is -2.54. The Labute approximate surface area is 117 Å². The van der Waals surface area contributed by atoms with Crippen molar-refractivity contribution in [3.05, 3.63) is 12.1 Å². The first-order chi connectivity index (χ1) is 9.65. The summed E-state index contributed by atoms with van der Waals surface area (Å²) in [6.07, 6.45) is 2.12. The third kappa shape index (κ3) is 2.62. The molecule has 7 nitrogen and oxygen atoms in total. The molecule has 0 spiro atoms. The lowest BCUT2D eigenvalue weighted by molar-refractivity contribution is -0.124. The molecule has 2 aliphatic rings. The van der Waals surface area contributed by atoms with Gasteiger partial charge >= 0.3 is 0 Å². The van der Waals surface area contributed by atoms with Gasteiger partial charge in [0.25, 0.3) is 0 Å². The molecule has 7 heteroatoms. The van der Waals surface area contributed by atoms with Crippen LogP contribution in [0.25, 0.3) is 0 Å². The van der Waals surface area contributed by atoms with Crippen LogP contribution in [0.3, 0.4) is 0 Å². The Kier molecular flexibility index (Phi) is 3.35. The summed E-state index contributed by atoms with van der Waals surface area (Å²) in [6, 6.07) is 3.47. The van der Waals surface area contributed by atoms with E-state index in [9.17, 15) is 4.79 Å². The first-order valence-corrected chi connectivity index (χ1v) is 6.82. The van der Waals surface area contributed by atoms with Gasteiger partial charge in [0.1, 0.15) is 17.7 Å². The SMILES string of the molecule is Nc1ccc(N2CCOCC2C(=O)NC2CC2)nc1N. The van der Waals surface area contributed by atoms with Gasteiger partial charge in [0.2, 0.25) is 5.91 Å². The van der Waals surface area contributed by atoms with E-state index in [1.54, 1.807) is 12.1 Å². The number of morpholine rings is 1. The molecule has 20 heavy (non-hydrogen) atoms. The van der Waals surface area contributed by atoms with Crippen molar-refractivity contribution in [2.45, 2.75) is 24.9 Å². The van der Waals surface area contributed by atoms with Gasteiger partial charge in [-0.15, -0.1) is 0 Å². The fourth-order valence-corrected chi connectivity index (χ4v) is 2.26. The molecule has 1 aromatic heterocycles. The molecule has 5 N–H and O–H groups in total. The second kappa shape index (κ2) is 5.16. The standard InChI is InChI=1S/C13H19N5O2/c14-9-3-4-11(17-12(9)15)18-5-6-20-7-10(18)13(19)16-8-1-2-8/h3-4,8,10H,1-2,5-7,14H2,(H2,15,17)(H,16,19). The zero-order valence-electron chi connectivity index (χ0n) is 11.2. The van der Waals surface area contributed by atoms with Crippen molar-refractivity contribution in [1.82, 2.24) is 10.3 Å². The van der Waals surface area contributed by atoms with E-state index in [4.69, 9.17) is 16.2 Å². The topological polar surface area (TPSA) is 106 Å². The van der Waals surface area contributed by atoms with E-state index in [0.29, 0.717) is 37.3 Å². The average molecular weight is 277 g/mol. The maximum absolute atomic E-state index is 12.3. The van der Waals surface area contributed by atoms with Crippen molar-refractivity contribution in [3.8, 4) is 0 Å². The van der Waals surface area contributed by atoms with Gasteiger partial charge in [-0.05, 0) is 25.0 Å². The highest BCUT2D eigenvalue weighted by atomic mass is 16.5. The number of ether oxygens (including phenoxy) is 1. The van der Waals surface area contributed by atoms with Crippen molar-refractivity contribution in [3.63, 3.8) is 0 Å². The number of anilines is 3. The van der Waals surface area contributed by atoms with Gasteiger partial charge in [-0.2, -0.15) is 0 Å². The summed E-state index contributed by atoms with van der Waals surface area (Å²) in [5.41, 5.74) is 11.9. The number of nitrogen functional groups attached to an aromatic ring is 2. The largest absolute Gasteiger partial charge is 0.396 e. The Morgan fingerprint density at radius 1 is 1.40 bits per heavy atom. The van der Waals surface area contributed by atoms with E-state index >= 15 is 0 Å². The second-order valence-electron chi connectivity index (χ2n) is 5.21. The number of aromatic nitrogens is 1. The van der Waals surface area contributed by atoms with E-state index in [0.717, 1.165) is 12.8 Å². The van der Waals surface area contributed by atoms with E-state index in [1.807, 2.05) is 4.90 Å². The second-order valence-corrected chi connectivity index (χ2v) is 5.21. The predicted molar refractivity (Wildman–Crippen MR) is 76.2 cm³/mol. The number of hydrogen-bond acceptors (Lipinski definition) is 6. The fourth-order valence-electron chi connectivity index (χ4n) is 2.26. The molecule has 0 aromatic carbocycles. The molecule has 1 aromatic rings. The van der Waals surface area contributed by atoms with Crippen molar-refractivity contribution in [2.24, 2.45) is 0 Å². The lowest BCUT2D eigenvalue weighted by atomic mass is 10.2. The predicted octanol–water partition coefficient (Wildman–Crippen LogP) is -0.270. The molecular weight excluding hydrogens is 258 g/mol. The maximum Gasteiger partial charge on any atom is 0.245 e. The summed E-state index contributed by atoms with van der Waals surface area (Å²) in [4.78, 5) is 18.5. The molecule has 0 bridgehead atoms. The van der Waals surface area contributed by atoms with Gasteiger partial charge in [0, 0.05) is 12.6 Å². The Bertz CT molecular complexity index is 517. The minimum atomic E-state index is -0.361. The molecule has 3 rings (SSSR count). The quantitative estimate of drug-likeness (QED) is 0.702. The summed E-state index contributed by atoms with van der Waals surface area (Å²) >= 11 is 0. The highest BCUT2D eigenvalue weighted by Crippen LogP contribution is 2.23. The number of nitrogens with zero attached hydrogens (tertiary/aromatic N) is 2. The van der Waals surface area contributed by atoms with Gasteiger partial charge in [-0.25, -0.2) is 4.98 Å². The zero-order chi connectivity index (χ0) is 14.1. The fraction of sp³-hybridized carbons (Fsp3) is 0.538. The van der Waals surface area contributed by atoms with Crippen LogP contribution in [0, 0.1) is 0 Å². The number of carbonyl (C=O) groups excluding carboxylic acids is 1. The third-order valence-electron chi connectivity index (χ3n) is 3.59. The maximum atomic E-state index is 12.3. The van der Waals surface area contributed by atoms with Crippen LogP contribution in [-0.4, -0.2) is 42.7 Å². The van der Waals surface area contributed by atoms with E-state index in [-0.39, 0.29) is 17.8 Å². The van der Waals surface area contributed by atoms with E-state index in [2.05, 4.69) is 10.3 Å². The highest BCUT2D eigenvalue weighted by Gasteiger charge is 2.33. The zero-order valence-corrected chi connectivity index (χ0v) is 11.2. The average Bonchev–Trinajstić information content (AvgIpc) is 3.26. The molecule has 1 atom stereocenters. The first kappa shape index (κ1) is 13.0. The number of amides is 1. The molecule has 1 saturated carbocycles. The number of rotatable bonds is 3. The van der Waals surface area contributed by atoms with Gasteiger partial charge in [0.15, 0.2) is 0 Å². The number of nitrogens with one attached hydrogen (secondary N) is 1. The third-order valence-corrected chi connectivity index (χ3v) is 3.59. The molecule has 1 aliphatic carbocycles. The summed E-state index contributed by atoms with van der Waals surface area (Å²) in [7, 11) is 0. The minimum absolute atomic E-state index is 0.00982. The molecule has 2 fully saturated rings. The molecule has 2 heterocycles. The summed E-state index contributed by atoms with van der Waals surface area (Å²) in [6.45, 7) is 1.54. The van der Waals surface area contributed by atoms with Gasteiger partial charge in [0.05, 0.1) is 18.9 Å². The summed E-state index contributed by atoms with van der Waals surface area (Å²) in [5.74, 6) is 0.940. The van der Waals surface area contributed by atoms with Crippen LogP contribution in [0.15, 0.2) is 12.1 Å². The number of nitrogens with two attached hydrogens (primary N) is 2. The van der Waals surface area contributed by atoms with Gasteiger partial charge in [-0.3, -0.25) is 4.79 Å².